The van der Waals surface area contributed by atoms with E-state index in [1.165, 1.54) is 0 Å². The molecule has 4 aliphatic rings. The molecule has 0 saturated carbocycles. The van der Waals surface area contributed by atoms with Crippen molar-refractivity contribution >= 4 is 5.91 Å². The van der Waals surface area contributed by atoms with Crippen molar-refractivity contribution in [3.63, 3.8) is 0 Å². The van der Waals surface area contributed by atoms with E-state index in [4.69, 9.17) is 14.2 Å². The van der Waals surface area contributed by atoms with Gasteiger partial charge in [-0.3, -0.25) is 4.79 Å². The minimum absolute atomic E-state index is 0.0207. The fraction of sp³-hybridized carbons (Fsp3) is 0.842. The van der Waals surface area contributed by atoms with E-state index in [9.17, 15) is 4.79 Å². The highest BCUT2D eigenvalue weighted by atomic mass is 16.5. The Hall–Kier alpha value is -0.910. The van der Waals surface area contributed by atoms with E-state index >= 15 is 0 Å². The monoisotopic (exact) mass is 335 g/mol. The number of rotatable bonds is 5. The number of amides is 1. The third-order valence-electron chi connectivity index (χ3n) is 6.27. The second-order valence-corrected chi connectivity index (χ2v) is 8.00. The summed E-state index contributed by atoms with van der Waals surface area (Å²) in [5.74, 6) is 1.56. The molecule has 3 saturated heterocycles. The van der Waals surface area contributed by atoms with E-state index in [1.54, 1.807) is 0 Å². The molecule has 0 spiro atoms. The Morgan fingerprint density at radius 2 is 2.00 bits per heavy atom. The summed E-state index contributed by atoms with van der Waals surface area (Å²) in [7, 11) is 0. The van der Waals surface area contributed by atoms with E-state index in [-0.39, 0.29) is 11.3 Å². The quantitative estimate of drug-likeness (QED) is 0.720. The first kappa shape index (κ1) is 16.6. The van der Waals surface area contributed by atoms with Gasteiger partial charge in [0.05, 0.1) is 19.8 Å². The minimum atomic E-state index is 0.0207. The molecule has 1 aliphatic carbocycles. The predicted molar refractivity (Wildman–Crippen MR) is 89.5 cm³/mol. The summed E-state index contributed by atoms with van der Waals surface area (Å²) >= 11 is 0. The van der Waals surface area contributed by atoms with Gasteiger partial charge in [-0.05, 0) is 31.6 Å². The third-order valence-corrected chi connectivity index (χ3v) is 6.27. The van der Waals surface area contributed by atoms with Crippen molar-refractivity contribution in [1.29, 1.82) is 0 Å². The Kier molecular flexibility index (Phi) is 4.93. The first-order valence-corrected chi connectivity index (χ1v) is 9.44. The van der Waals surface area contributed by atoms with Crippen molar-refractivity contribution in [2.75, 3.05) is 52.7 Å². The Bertz CT molecular complexity index is 480. The van der Waals surface area contributed by atoms with Crippen molar-refractivity contribution in [3.05, 3.63) is 12.2 Å². The molecule has 0 unspecified atom stereocenters. The van der Waals surface area contributed by atoms with Gasteiger partial charge >= 0.3 is 0 Å². The SMILES string of the molecule is O=C(C1CC=CC1)N1C[C@@H]2COC[C@]2(COCC2CCOCC2)C1. The zero-order chi connectivity index (χ0) is 16.4. The number of ether oxygens (including phenoxy) is 3. The van der Waals surface area contributed by atoms with Crippen LogP contribution in [-0.4, -0.2) is 63.5 Å². The fourth-order valence-electron chi connectivity index (χ4n) is 4.62. The molecule has 0 radical (unpaired) electrons. The summed E-state index contributed by atoms with van der Waals surface area (Å²) in [4.78, 5) is 14.8. The van der Waals surface area contributed by atoms with Crippen LogP contribution in [0.4, 0.5) is 0 Å². The van der Waals surface area contributed by atoms with Crippen LogP contribution < -0.4 is 0 Å². The highest BCUT2D eigenvalue weighted by molar-refractivity contribution is 5.80. The van der Waals surface area contributed by atoms with Crippen LogP contribution in [0.15, 0.2) is 12.2 Å². The topological polar surface area (TPSA) is 48.0 Å². The summed E-state index contributed by atoms with van der Waals surface area (Å²) in [6.45, 7) is 6.42. The molecular weight excluding hydrogens is 306 g/mol. The maximum Gasteiger partial charge on any atom is 0.226 e. The van der Waals surface area contributed by atoms with Gasteiger partial charge in [0, 0.05) is 50.2 Å². The summed E-state index contributed by atoms with van der Waals surface area (Å²) in [5, 5.41) is 0. The van der Waals surface area contributed by atoms with Gasteiger partial charge in [-0.15, -0.1) is 0 Å². The van der Waals surface area contributed by atoms with Crippen molar-refractivity contribution < 1.29 is 19.0 Å². The van der Waals surface area contributed by atoms with E-state index in [0.29, 0.717) is 17.7 Å². The number of nitrogens with zero attached hydrogens (tertiary/aromatic N) is 1. The summed E-state index contributed by atoms with van der Waals surface area (Å²) < 4.78 is 17.3. The van der Waals surface area contributed by atoms with Crippen LogP contribution >= 0.6 is 0 Å². The molecule has 1 amide bonds. The molecule has 4 rings (SSSR count). The molecule has 0 aromatic carbocycles. The number of hydrogen-bond acceptors (Lipinski definition) is 4. The zero-order valence-corrected chi connectivity index (χ0v) is 14.5. The fourth-order valence-corrected chi connectivity index (χ4v) is 4.62. The molecule has 0 aromatic heterocycles. The Labute approximate surface area is 144 Å². The Morgan fingerprint density at radius 1 is 1.21 bits per heavy atom. The van der Waals surface area contributed by atoms with Crippen LogP contribution in [0.25, 0.3) is 0 Å². The van der Waals surface area contributed by atoms with Crippen molar-refractivity contribution in [1.82, 2.24) is 4.90 Å². The zero-order valence-electron chi connectivity index (χ0n) is 14.5. The van der Waals surface area contributed by atoms with Gasteiger partial charge in [-0.1, -0.05) is 12.2 Å². The maximum atomic E-state index is 12.7. The lowest BCUT2D eigenvalue weighted by atomic mass is 9.82. The van der Waals surface area contributed by atoms with Crippen LogP contribution in [0.2, 0.25) is 0 Å². The average molecular weight is 335 g/mol. The predicted octanol–water partition coefficient (Wildman–Crippen LogP) is 1.87. The van der Waals surface area contributed by atoms with Crippen LogP contribution in [0.5, 0.6) is 0 Å². The van der Waals surface area contributed by atoms with E-state index in [0.717, 1.165) is 78.4 Å². The number of likely N-dealkylation sites (tertiary alicyclic amines) is 1. The van der Waals surface area contributed by atoms with E-state index in [1.807, 2.05) is 0 Å². The molecule has 3 heterocycles. The van der Waals surface area contributed by atoms with E-state index in [2.05, 4.69) is 17.1 Å². The highest BCUT2D eigenvalue weighted by Crippen LogP contribution is 2.42. The molecule has 24 heavy (non-hydrogen) atoms. The van der Waals surface area contributed by atoms with Gasteiger partial charge < -0.3 is 19.1 Å². The lowest BCUT2D eigenvalue weighted by Gasteiger charge is -2.29. The first-order chi connectivity index (χ1) is 11.8. The van der Waals surface area contributed by atoms with Crippen LogP contribution in [-0.2, 0) is 19.0 Å². The van der Waals surface area contributed by atoms with Gasteiger partial charge in [-0.25, -0.2) is 0 Å². The molecule has 2 atom stereocenters. The van der Waals surface area contributed by atoms with Crippen molar-refractivity contribution in [3.8, 4) is 0 Å². The molecule has 134 valence electrons. The lowest BCUT2D eigenvalue weighted by molar-refractivity contribution is -0.135. The number of hydrogen-bond donors (Lipinski definition) is 0. The minimum Gasteiger partial charge on any atom is -0.381 e. The molecule has 5 nitrogen and oxygen atoms in total. The maximum absolute atomic E-state index is 12.7. The van der Waals surface area contributed by atoms with Crippen LogP contribution in [0.1, 0.15) is 25.7 Å². The summed E-state index contributed by atoms with van der Waals surface area (Å²) in [5.41, 5.74) is 0.0207. The standard InChI is InChI=1S/C19H29NO4/c21-18(16-3-1-2-4-16)20-9-17-11-24-14-19(17,12-20)13-23-10-15-5-7-22-8-6-15/h1-2,15-17H,3-14H2/t17-,19-/m1/s1. The van der Waals surface area contributed by atoms with E-state index < -0.39 is 0 Å². The lowest BCUT2D eigenvalue weighted by Crippen LogP contribution is -2.39. The molecule has 3 fully saturated rings. The molecule has 5 heteroatoms. The van der Waals surface area contributed by atoms with Crippen molar-refractivity contribution in [2.45, 2.75) is 25.7 Å². The average Bonchev–Trinajstić information content (AvgIpc) is 3.31. The number of carbonyl (C=O) groups excluding carboxylic acids is 1. The smallest absolute Gasteiger partial charge is 0.226 e. The molecular formula is C19H29NO4. The number of carbonyl (C=O) groups is 1. The van der Waals surface area contributed by atoms with Gasteiger partial charge in [0.2, 0.25) is 5.91 Å². The molecule has 3 aliphatic heterocycles. The molecule has 0 bridgehead atoms. The van der Waals surface area contributed by atoms with Gasteiger partial charge in [-0.2, -0.15) is 0 Å². The number of fused-ring (bicyclic) bond motifs is 1. The molecule has 0 aromatic rings. The largest absolute Gasteiger partial charge is 0.381 e. The van der Waals surface area contributed by atoms with Crippen LogP contribution in [0.3, 0.4) is 0 Å². The second-order valence-electron chi connectivity index (χ2n) is 8.00. The van der Waals surface area contributed by atoms with Gasteiger partial charge in [0.25, 0.3) is 0 Å². The van der Waals surface area contributed by atoms with Gasteiger partial charge in [0.15, 0.2) is 0 Å². The Balaban J connectivity index is 1.31. The normalized spacial score (nSPS) is 34.2. The summed E-state index contributed by atoms with van der Waals surface area (Å²) in [6.07, 6.45) is 8.29. The second kappa shape index (κ2) is 7.14. The highest BCUT2D eigenvalue weighted by Gasteiger charge is 2.52. The Morgan fingerprint density at radius 3 is 2.79 bits per heavy atom. The van der Waals surface area contributed by atoms with Crippen LogP contribution in [0, 0.1) is 23.2 Å². The first-order valence-electron chi connectivity index (χ1n) is 9.44. The van der Waals surface area contributed by atoms with Gasteiger partial charge in [0.1, 0.15) is 0 Å². The number of allylic oxidation sites excluding steroid dienone is 2. The summed E-state index contributed by atoms with van der Waals surface area (Å²) in [6, 6.07) is 0. The molecule has 0 N–H and O–H groups in total. The third kappa shape index (κ3) is 3.26. The van der Waals surface area contributed by atoms with Crippen molar-refractivity contribution in [2.24, 2.45) is 23.2 Å².